The zero-order valence-corrected chi connectivity index (χ0v) is 20.7. The first-order valence-electron chi connectivity index (χ1n) is 9.07. The van der Waals surface area contributed by atoms with Crippen LogP contribution in [0.1, 0.15) is 6.23 Å². The van der Waals surface area contributed by atoms with E-state index in [9.17, 15) is 37.8 Å². The Kier molecular flexibility index (Phi) is 8.17. The van der Waals surface area contributed by atoms with Gasteiger partial charge >= 0.3 is 23.5 Å². The summed E-state index contributed by atoms with van der Waals surface area (Å²) in [6.07, 6.45) is -4.14. The zero-order valence-electron chi connectivity index (χ0n) is 17.2. The molecule has 2 aromatic rings. The first kappa shape index (κ1) is 28.8. The summed E-state index contributed by atoms with van der Waals surface area (Å²) < 4.78 is 65.1. The molecule has 3 rings (SSSR count). The fourth-order valence-electron chi connectivity index (χ4n) is 3.04. The van der Waals surface area contributed by atoms with E-state index in [1.54, 1.807) is 0 Å². The number of nitrogens with zero attached hydrogens (tertiary/aromatic N) is 3. The molecule has 0 radical (unpaired) electrons. The number of aliphatic hydroxyl groups excluding tert-OH is 1. The number of hydrogen-bond acceptors (Lipinski definition) is 12. The zero-order chi connectivity index (χ0) is 27.1. The van der Waals surface area contributed by atoms with Gasteiger partial charge in [-0.15, -0.1) is 0 Å². The minimum Gasteiger partial charge on any atom is -0.387 e. The molecule has 18 nitrogen and oxygen atoms in total. The number of imidazole rings is 1. The van der Waals surface area contributed by atoms with Gasteiger partial charge in [-0.2, -0.15) is 13.6 Å². The van der Waals surface area contributed by atoms with Crippen LogP contribution in [0.2, 0.25) is 0 Å². The molecular formula is C13H16ClFN5O13P3. The van der Waals surface area contributed by atoms with Crippen LogP contribution in [0.25, 0.3) is 11.2 Å². The van der Waals surface area contributed by atoms with E-state index >= 15 is 0 Å². The number of fused-ring (bicyclic) bond motifs is 1. The number of rotatable bonds is 8. The average Bonchev–Trinajstić information content (AvgIpc) is 3.22. The Balaban J connectivity index is 1.89. The van der Waals surface area contributed by atoms with Gasteiger partial charge in [0.25, 0.3) is 5.56 Å². The van der Waals surface area contributed by atoms with Crippen molar-refractivity contribution in [1.82, 2.24) is 19.5 Å². The van der Waals surface area contributed by atoms with Gasteiger partial charge in [0.2, 0.25) is 5.95 Å². The Labute approximate surface area is 203 Å². The summed E-state index contributed by atoms with van der Waals surface area (Å²) in [5, 5.41) is 10.7. The predicted octanol–water partition coefficient (Wildman–Crippen LogP) is -0.746. The minimum atomic E-state index is -5.80. The molecule has 0 amide bonds. The van der Waals surface area contributed by atoms with Crippen molar-refractivity contribution in [2.75, 3.05) is 19.0 Å². The first-order valence-corrected chi connectivity index (χ1v) is 14.0. The summed E-state index contributed by atoms with van der Waals surface area (Å²) in [5.74, 6) is 3.92. The van der Waals surface area contributed by atoms with E-state index in [4.69, 9.17) is 31.9 Å². The molecule has 1 aliphatic heterocycles. The number of nitrogen functional groups attached to an aromatic ring is 1. The van der Waals surface area contributed by atoms with Crippen LogP contribution >= 0.6 is 35.1 Å². The lowest BCUT2D eigenvalue weighted by molar-refractivity contribution is -0.0428. The van der Waals surface area contributed by atoms with Crippen molar-refractivity contribution in [3.05, 3.63) is 16.7 Å². The molecular weight excluding hydrogens is 582 g/mol. The molecule has 2 aromatic heterocycles. The third-order valence-corrected chi connectivity index (χ3v) is 8.62. The number of nitrogens with two attached hydrogens (primary N) is 1. The molecule has 0 aliphatic carbocycles. The molecule has 3 unspecified atom stereocenters. The molecule has 0 bridgehead atoms. The quantitative estimate of drug-likeness (QED) is 0.112. The van der Waals surface area contributed by atoms with Gasteiger partial charge in [-0.1, -0.05) is 23.4 Å². The van der Waals surface area contributed by atoms with Gasteiger partial charge in [-0.05, 0) is 0 Å². The van der Waals surface area contributed by atoms with Crippen molar-refractivity contribution in [3.63, 3.8) is 0 Å². The first-order chi connectivity index (χ1) is 16.5. The maximum Gasteiger partial charge on any atom is 0.490 e. The number of alkyl halides is 2. The van der Waals surface area contributed by atoms with Crippen molar-refractivity contribution in [2.24, 2.45) is 0 Å². The second-order valence-corrected chi connectivity index (χ2v) is 11.9. The van der Waals surface area contributed by atoms with Gasteiger partial charge in [-0.3, -0.25) is 18.9 Å². The Morgan fingerprint density at radius 3 is 2.56 bits per heavy atom. The molecule has 8 N–H and O–H groups in total. The lowest BCUT2D eigenvalue weighted by atomic mass is 9.99. The number of ether oxygens (including phenoxy) is 1. The summed E-state index contributed by atoms with van der Waals surface area (Å²) in [4.78, 5) is 55.8. The van der Waals surface area contributed by atoms with Gasteiger partial charge in [0.1, 0.15) is 18.9 Å². The van der Waals surface area contributed by atoms with Crippen molar-refractivity contribution in [1.29, 1.82) is 0 Å². The van der Waals surface area contributed by atoms with Crippen LogP contribution in [0.15, 0.2) is 11.1 Å². The lowest BCUT2D eigenvalue weighted by Gasteiger charge is -2.25. The highest BCUT2D eigenvalue weighted by atomic mass is 35.5. The molecule has 3 heterocycles. The molecule has 1 fully saturated rings. The largest absolute Gasteiger partial charge is 0.490 e. The fourth-order valence-corrected chi connectivity index (χ4v) is 6.44. The fraction of sp³-hybridized carbons (Fsp3) is 0.462. The highest BCUT2D eigenvalue weighted by Gasteiger charge is 2.57. The number of anilines is 1. The van der Waals surface area contributed by atoms with Crippen molar-refractivity contribution in [2.45, 2.75) is 23.3 Å². The van der Waals surface area contributed by atoms with E-state index in [1.807, 2.05) is 5.92 Å². The Hall–Kier alpha value is -1.74. The van der Waals surface area contributed by atoms with Gasteiger partial charge in [-0.25, -0.2) is 23.1 Å². The summed E-state index contributed by atoms with van der Waals surface area (Å²) >= 11 is 6.44. The number of aromatic nitrogens is 4. The summed E-state index contributed by atoms with van der Waals surface area (Å²) in [6, 6.07) is 0. The highest BCUT2D eigenvalue weighted by molar-refractivity contribution is 7.66. The summed E-state index contributed by atoms with van der Waals surface area (Å²) in [5.41, 5.74) is 4.38. The van der Waals surface area contributed by atoms with Gasteiger partial charge in [0.15, 0.2) is 22.3 Å². The number of H-pyrrole nitrogens is 1. The van der Waals surface area contributed by atoms with E-state index in [2.05, 4.69) is 34.0 Å². The normalized spacial score (nSPS) is 27.8. The number of aliphatic hydroxyl groups is 1. The van der Waals surface area contributed by atoms with Crippen molar-refractivity contribution < 1.29 is 60.6 Å². The number of aromatic amines is 1. The summed E-state index contributed by atoms with van der Waals surface area (Å²) in [6.45, 7) is -2.30. The molecule has 1 aliphatic rings. The number of hydrogen-bond donors (Lipinski definition) is 7. The molecule has 200 valence electrons. The predicted molar refractivity (Wildman–Crippen MR) is 115 cm³/mol. The average molecular weight is 598 g/mol. The second kappa shape index (κ2) is 10.2. The lowest BCUT2D eigenvalue weighted by Crippen LogP contribution is -2.41. The van der Waals surface area contributed by atoms with Crippen LogP contribution in [-0.2, 0) is 31.6 Å². The third-order valence-electron chi connectivity index (χ3n) is 4.31. The molecule has 0 saturated carbocycles. The smallest absolute Gasteiger partial charge is 0.387 e. The van der Waals surface area contributed by atoms with E-state index < -0.39 is 65.6 Å². The minimum absolute atomic E-state index is 0.186. The van der Waals surface area contributed by atoms with Crippen LogP contribution in [0.3, 0.4) is 0 Å². The third kappa shape index (κ3) is 6.39. The monoisotopic (exact) mass is 597 g/mol. The number of phosphoric ester groups is 1. The Bertz CT molecular complexity index is 1420. The molecule has 6 atom stereocenters. The Morgan fingerprint density at radius 1 is 1.28 bits per heavy atom. The molecule has 0 aromatic carbocycles. The maximum atomic E-state index is 12.8. The topological polar surface area (TPSA) is 279 Å². The SMILES string of the molecule is Nc1nc2c(ncn2[C@@H]2O[C@H](COP(=O)(O)OP(=O)(O)OP(=O)(O)O)[C@H](O)C2(Cl)C#CCF)c(=O)[nH]1. The standard InChI is InChI=1S/C13H16ClFN5O13P3/c14-13(2-1-3-15)8(21)6(4-30-35(26,27)33-36(28,29)32-34(23,24)25)31-11(13)20-5-17-7-9(20)18-12(16)19-10(7)22/h5-6,8,11,21H,3-4H2,(H,26,27)(H,28,29)(H2,23,24,25)(H3,16,18,19,22)/t6-,8+,11-,13?/m1/s1. The second-order valence-electron chi connectivity index (χ2n) is 6.84. The van der Waals surface area contributed by atoms with E-state index in [-0.39, 0.29) is 17.1 Å². The molecule has 0 spiro atoms. The maximum absolute atomic E-state index is 12.8. The Morgan fingerprint density at radius 2 is 1.94 bits per heavy atom. The van der Waals surface area contributed by atoms with Crippen LogP contribution in [0.5, 0.6) is 0 Å². The number of halogens is 2. The van der Waals surface area contributed by atoms with Crippen LogP contribution in [0, 0.1) is 11.8 Å². The van der Waals surface area contributed by atoms with E-state index in [0.29, 0.717) is 0 Å². The van der Waals surface area contributed by atoms with Crippen molar-refractivity contribution in [3.8, 4) is 11.8 Å². The van der Waals surface area contributed by atoms with Gasteiger partial charge in [0.05, 0.1) is 12.9 Å². The van der Waals surface area contributed by atoms with Gasteiger partial charge < -0.3 is 35.2 Å². The number of nitrogens with one attached hydrogen (secondary N) is 1. The van der Waals surface area contributed by atoms with Gasteiger partial charge in [0, 0.05) is 0 Å². The molecule has 23 heteroatoms. The summed E-state index contributed by atoms with van der Waals surface area (Å²) in [7, 11) is -17.0. The van der Waals surface area contributed by atoms with Crippen LogP contribution in [-0.4, -0.2) is 74.6 Å². The molecule has 36 heavy (non-hydrogen) atoms. The molecule has 1 saturated heterocycles. The highest BCUT2D eigenvalue weighted by Crippen LogP contribution is 2.66. The van der Waals surface area contributed by atoms with Crippen LogP contribution < -0.4 is 11.3 Å². The van der Waals surface area contributed by atoms with E-state index in [0.717, 1.165) is 10.9 Å². The van der Waals surface area contributed by atoms with Crippen molar-refractivity contribution >= 4 is 52.2 Å². The van der Waals surface area contributed by atoms with E-state index in [1.165, 1.54) is 0 Å². The van der Waals surface area contributed by atoms with Crippen LogP contribution in [0.4, 0.5) is 10.3 Å². The number of phosphoric acid groups is 3.